The van der Waals surface area contributed by atoms with Gasteiger partial charge in [-0.25, -0.2) is 9.78 Å². The number of anilines is 1. The van der Waals surface area contributed by atoms with Crippen LogP contribution in [-0.4, -0.2) is 36.7 Å². The maximum Gasteiger partial charge on any atom is 0.357 e. The van der Waals surface area contributed by atoms with Gasteiger partial charge in [0.15, 0.2) is 5.69 Å². The summed E-state index contributed by atoms with van der Waals surface area (Å²) in [6.45, 7) is 0.470. The van der Waals surface area contributed by atoms with Crippen LogP contribution in [0.15, 0.2) is 42.7 Å². The highest BCUT2D eigenvalue weighted by Crippen LogP contribution is 2.26. The number of rotatable bonds is 6. The fourth-order valence-electron chi connectivity index (χ4n) is 2.63. The number of hydrogen-bond acceptors (Lipinski definition) is 6. The molecular formula is C18H19N3O4. The molecule has 7 heteroatoms. The summed E-state index contributed by atoms with van der Waals surface area (Å²) in [6.07, 6.45) is 3.36. The van der Waals surface area contributed by atoms with Crippen molar-refractivity contribution in [2.24, 2.45) is 0 Å². The van der Waals surface area contributed by atoms with Crippen molar-refractivity contribution >= 4 is 17.3 Å². The first-order valence-electron chi connectivity index (χ1n) is 7.67. The molecule has 1 aromatic carbocycles. The minimum atomic E-state index is -0.437. The second-order valence-electron chi connectivity index (χ2n) is 5.27. The first-order chi connectivity index (χ1) is 12.2. The second kappa shape index (κ2) is 7.12. The van der Waals surface area contributed by atoms with Gasteiger partial charge < -0.3 is 19.5 Å². The highest BCUT2D eigenvalue weighted by molar-refractivity contribution is 5.94. The van der Waals surface area contributed by atoms with Crippen molar-refractivity contribution < 1.29 is 19.0 Å². The average Bonchev–Trinajstić information content (AvgIpc) is 3.13. The smallest absolute Gasteiger partial charge is 0.357 e. The fourth-order valence-corrected chi connectivity index (χ4v) is 2.63. The Bertz CT molecular complexity index is 904. The van der Waals surface area contributed by atoms with Gasteiger partial charge in [-0.05, 0) is 24.3 Å². The van der Waals surface area contributed by atoms with E-state index in [0.717, 1.165) is 11.3 Å². The van der Waals surface area contributed by atoms with Crippen LogP contribution in [0.5, 0.6) is 11.5 Å². The number of hydrogen-bond donors (Lipinski definition) is 1. The van der Waals surface area contributed by atoms with E-state index in [0.29, 0.717) is 29.3 Å². The van der Waals surface area contributed by atoms with Crippen molar-refractivity contribution in [3.63, 3.8) is 0 Å². The molecular weight excluding hydrogens is 322 g/mol. The van der Waals surface area contributed by atoms with E-state index in [1.165, 1.54) is 7.11 Å². The predicted molar refractivity (Wildman–Crippen MR) is 93.4 cm³/mol. The van der Waals surface area contributed by atoms with Gasteiger partial charge in [-0.15, -0.1) is 0 Å². The molecule has 0 fully saturated rings. The highest BCUT2D eigenvalue weighted by Gasteiger charge is 2.17. The molecule has 130 valence electrons. The molecule has 0 saturated carbocycles. The third-order valence-electron chi connectivity index (χ3n) is 3.91. The van der Waals surface area contributed by atoms with Crippen molar-refractivity contribution in [2.45, 2.75) is 6.54 Å². The second-order valence-corrected chi connectivity index (χ2v) is 5.27. The highest BCUT2D eigenvalue weighted by atomic mass is 16.5. The van der Waals surface area contributed by atoms with E-state index in [9.17, 15) is 4.79 Å². The normalized spacial score (nSPS) is 10.5. The number of carbonyl (C=O) groups excluding carboxylic acids is 1. The summed E-state index contributed by atoms with van der Waals surface area (Å²) in [6, 6.07) is 9.24. The molecule has 3 aromatic rings. The molecule has 2 heterocycles. The van der Waals surface area contributed by atoms with Crippen LogP contribution >= 0.6 is 0 Å². The van der Waals surface area contributed by atoms with Crippen molar-refractivity contribution in [3.8, 4) is 11.5 Å². The molecule has 7 nitrogen and oxygen atoms in total. The summed E-state index contributed by atoms with van der Waals surface area (Å²) in [4.78, 5) is 16.4. The van der Waals surface area contributed by atoms with Crippen LogP contribution in [0.1, 0.15) is 16.1 Å². The number of esters is 1. The Morgan fingerprint density at radius 3 is 2.72 bits per heavy atom. The third-order valence-corrected chi connectivity index (χ3v) is 3.91. The van der Waals surface area contributed by atoms with Crippen LogP contribution in [0.2, 0.25) is 0 Å². The van der Waals surface area contributed by atoms with Crippen LogP contribution in [0.25, 0.3) is 5.65 Å². The Balaban J connectivity index is 1.92. The molecule has 0 aliphatic rings. The van der Waals surface area contributed by atoms with Gasteiger partial charge in [-0.3, -0.25) is 4.40 Å². The van der Waals surface area contributed by atoms with Gasteiger partial charge in [0.05, 0.1) is 27.0 Å². The lowest BCUT2D eigenvalue weighted by molar-refractivity contribution is 0.0593. The van der Waals surface area contributed by atoms with E-state index in [2.05, 4.69) is 10.3 Å². The Morgan fingerprint density at radius 2 is 2.00 bits per heavy atom. The third kappa shape index (κ3) is 3.21. The van der Waals surface area contributed by atoms with E-state index in [1.54, 1.807) is 31.0 Å². The molecule has 0 amide bonds. The lowest BCUT2D eigenvalue weighted by Crippen LogP contribution is -2.13. The molecule has 0 aliphatic carbocycles. The van der Waals surface area contributed by atoms with Crippen molar-refractivity contribution in [1.29, 1.82) is 0 Å². The largest absolute Gasteiger partial charge is 0.497 e. The van der Waals surface area contributed by atoms with Crippen molar-refractivity contribution in [3.05, 3.63) is 54.0 Å². The van der Waals surface area contributed by atoms with Gasteiger partial charge in [0, 0.05) is 30.6 Å². The Morgan fingerprint density at radius 1 is 1.16 bits per heavy atom. The molecule has 0 saturated heterocycles. The van der Waals surface area contributed by atoms with E-state index < -0.39 is 5.97 Å². The minimum Gasteiger partial charge on any atom is -0.497 e. The number of methoxy groups -OCH3 is 3. The standard InChI is InChI=1S/C18H19N3O4/c1-23-13-5-4-12(15(10-13)24-2)11-20-14-6-7-16-19-8-9-21(16)17(14)18(22)25-3/h4-10,20H,11H2,1-3H3. The zero-order valence-electron chi connectivity index (χ0n) is 14.3. The lowest BCUT2D eigenvalue weighted by Gasteiger charge is -2.15. The number of pyridine rings is 1. The number of nitrogens with one attached hydrogen (secondary N) is 1. The first-order valence-corrected chi connectivity index (χ1v) is 7.67. The van der Waals surface area contributed by atoms with Crippen LogP contribution in [0, 0.1) is 0 Å². The summed E-state index contributed by atoms with van der Waals surface area (Å²) in [7, 11) is 4.57. The maximum absolute atomic E-state index is 12.2. The zero-order chi connectivity index (χ0) is 17.8. The van der Waals surface area contributed by atoms with Crippen molar-refractivity contribution in [1.82, 2.24) is 9.38 Å². The number of fused-ring (bicyclic) bond motifs is 1. The van der Waals surface area contributed by atoms with Crippen LogP contribution in [0.3, 0.4) is 0 Å². The van der Waals surface area contributed by atoms with Crippen LogP contribution in [0.4, 0.5) is 5.69 Å². The number of nitrogens with zero attached hydrogens (tertiary/aromatic N) is 2. The molecule has 0 spiro atoms. The summed E-state index contributed by atoms with van der Waals surface area (Å²) >= 11 is 0. The Labute approximate surface area is 145 Å². The first kappa shape index (κ1) is 16.6. The van der Waals surface area contributed by atoms with Crippen LogP contribution < -0.4 is 14.8 Å². The number of imidazole rings is 1. The van der Waals surface area contributed by atoms with E-state index >= 15 is 0 Å². The molecule has 0 unspecified atom stereocenters. The number of carbonyl (C=O) groups is 1. The van der Waals surface area contributed by atoms with Crippen LogP contribution in [-0.2, 0) is 11.3 Å². The average molecular weight is 341 g/mol. The van der Waals surface area contributed by atoms with E-state index in [-0.39, 0.29) is 0 Å². The van der Waals surface area contributed by atoms with Gasteiger partial charge in [-0.1, -0.05) is 0 Å². The van der Waals surface area contributed by atoms with E-state index in [1.807, 2.05) is 30.3 Å². The maximum atomic E-state index is 12.2. The topological polar surface area (TPSA) is 74.1 Å². The summed E-state index contributed by atoms with van der Waals surface area (Å²) in [5, 5.41) is 3.27. The SMILES string of the molecule is COC(=O)c1c(NCc2ccc(OC)cc2OC)ccc2nccn12. The zero-order valence-corrected chi connectivity index (χ0v) is 14.3. The predicted octanol–water partition coefficient (Wildman–Crippen LogP) is 2.75. The molecule has 25 heavy (non-hydrogen) atoms. The molecule has 0 atom stereocenters. The minimum absolute atomic E-state index is 0.393. The summed E-state index contributed by atoms with van der Waals surface area (Å²) in [5.41, 5.74) is 2.65. The lowest BCUT2D eigenvalue weighted by atomic mass is 10.1. The number of aromatic nitrogens is 2. The number of ether oxygens (including phenoxy) is 3. The Hall–Kier alpha value is -3.22. The molecule has 2 aromatic heterocycles. The summed E-state index contributed by atoms with van der Waals surface area (Å²) < 4.78 is 17.2. The van der Waals surface area contributed by atoms with E-state index in [4.69, 9.17) is 14.2 Å². The number of benzene rings is 1. The summed E-state index contributed by atoms with van der Waals surface area (Å²) in [5.74, 6) is 0.985. The fraction of sp³-hybridized carbons (Fsp3) is 0.222. The monoisotopic (exact) mass is 341 g/mol. The van der Waals surface area contributed by atoms with Gasteiger partial charge in [0.2, 0.25) is 0 Å². The van der Waals surface area contributed by atoms with Crippen molar-refractivity contribution in [2.75, 3.05) is 26.6 Å². The van der Waals surface area contributed by atoms with Gasteiger partial charge in [0.25, 0.3) is 0 Å². The van der Waals surface area contributed by atoms with Gasteiger partial charge >= 0.3 is 5.97 Å². The van der Waals surface area contributed by atoms with Gasteiger partial charge in [0.1, 0.15) is 17.1 Å². The molecule has 3 rings (SSSR count). The molecule has 1 N–H and O–H groups in total. The molecule has 0 radical (unpaired) electrons. The Kier molecular flexibility index (Phi) is 4.74. The quantitative estimate of drug-likeness (QED) is 0.695. The molecule has 0 bridgehead atoms. The molecule has 0 aliphatic heterocycles. The van der Waals surface area contributed by atoms with Gasteiger partial charge in [-0.2, -0.15) is 0 Å².